The molecular weight excluding hydrogens is 344 g/mol. The average molecular weight is 359 g/mol. The third kappa shape index (κ3) is 2.72. The Labute approximate surface area is 147 Å². The van der Waals surface area contributed by atoms with Crippen molar-refractivity contribution in [2.45, 2.75) is 25.7 Å². The summed E-state index contributed by atoms with van der Waals surface area (Å²) in [5.74, 6) is 0.275. The molecule has 3 aromatic rings. The molecule has 24 heavy (non-hydrogen) atoms. The second-order valence-electron chi connectivity index (χ2n) is 5.80. The van der Waals surface area contributed by atoms with Crippen LogP contribution >= 0.6 is 22.9 Å². The Morgan fingerprint density at radius 1 is 1.17 bits per heavy atom. The van der Waals surface area contributed by atoms with Crippen molar-refractivity contribution in [1.29, 1.82) is 0 Å². The second kappa shape index (κ2) is 6.03. The van der Waals surface area contributed by atoms with E-state index in [1.165, 1.54) is 23.3 Å². The van der Waals surface area contributed by atoms with Gasteiger partial charge >= 0.3 is 0 Å². The number of primary amides is 1. The van der Waals surface area contributed by atoms with Gasteiger partial charge in [-0.1, -0.05) is 0 Å². The number of aromatic nitrogens is 2. The van der Waals surface area contributed by atoms with Gasteiger partial charge in [-0.2, -0.15) is 4.98 Å². The van der Waals surface area contributed by atoms with Gasteiger partial charge in [0.15, 0.2) is 0 Å². The van der Waals surface area contributed by atoms with Crippen LogP contribution in [0.5, 0.6) is 0 Å². The number of rotatable bonds is 3. The third-order valence-electron chi connectivity index (χ3n) is 4.22. The van der Waals surface area contributed by atoms with Gasteiger partial charge in [-0.05, 0) is 67.1 Å². The van der Waals surface area contributed by atoms with Crippen LogP contribution in [0.4, 0.5) is 11.5 Å². The monoisotopic (exact) mass is 358 g/mol. The number of thiophene rings is 1. The first kappa shape index (κ1) is 15.4. The summed E-state index contributed by atoms with van der Waals surface area (Å²) >= 11 is 7.81. The quantitative estimate of drug-likeness (QED) is 0.691. The number of nitrogens with two attached hydrogens (primary N) is 1. The number of halogens is 1. The lowest BCUT2D eigenvalue weighted by atomic mass is 9.97. The highest BCUT2D eigenvalue weighted by atomic mass is 35.5. The number of hydrogen-bond acceptors (Lipinski definition) is 5. The maximum absolute atomic E-state index is 11.2. The molecule has 0 radical (unpaired) electrons. The van der Waals surface area contributed by atoms with Gasteiger partial charge in [-0.15, -0.1) is 11.3 Å². The Kier molecular flexibility index (Phi) is 3.86. The van der Waals surface area contributed by atoms with Gasteiger partial charge in [0.25, 0.3) is 0 Å². The Bertz CT molecular complexity index is 936. The SMILES string of the molecule is NC(=O)c1ccc(Nc2nc(Cl)nc3sc4c(c23)CCCC4)cc1. The third-order valence-corrected chi connectivity index (χ3v) is 5.57. The highest BCUT2D eigenvalue weighted by Crippen LogP contribution is 2.39. The van der Waals surface area contributed by atoms with Gasteiger partial charge in [0, 0.05) is 16.1 Å². The molecule has 7 heteroatoms. The summed E-state index contributed by atoms with van der Waals surface area (Å²) in [6.07, 6.45) is 4.56. The molecule has 1 aromatic carbocycles. The van der Waals surface area contributed by atoms with Crippen molar-refractivity contribution in [1.82, 2.24) is 9.97 Å². The first-order chi connectivity index (χ1) is 11.6. The molecule has 0 saturated heterocycles. The second-order valence-corrected chi connectivity index (χ2v) is 7.22. The molecule has 4 rings (SSSR count). The first-order valence-electron chi connectivity index (χ1n) is 7.76. The number of anilines is 2. The van der Waals surface area contributed by atoms with Crippen LogP contribution in [-0.4, -0.2) is 15.9 Å². The summed E-state index contributed by atoms with van der Waals surface area (Å²) in [5.41, 5.74) is 7.92. The van der Waals surface area contributed by atoms with E-state index in [-0.39, 0.29) is 5.28 Å². The maximum Gasteiger partial charge on any atom is 0.248 e. The lowest BCUT2D eigenvalue weighted by Crippen LogP contribution is -2.10. The fourth-order valence-corrected chi connectivity index (χ4v) is 4.56. The number of amides is 1. The minimum Gasteiger partial charge on any atom is -0.366 e. The normalized spacial score (nSPS) is 13.7. The zero-order valence-electron chi connectivity index (χ0n) is 12.8. The molecule has 122 valence electrons. The Balaban J connectivity index is 1.78. The van der Waals surface area contributed by atoms with Crippen LogP contribution in [0.2, 0.25) is 5.28 Å². The van der Waals surface area contributed by atoms with Crippen LogP contribution in [0.15, 0.2) is 24.3 Å². The molecule has 1 aliphatic carbocycles. The van der Waals surface area contributed by atoms with Crippen LogP contribution in [0, 0.1) is 0 Å². The zero-order chi connectivity index (χ0) is 16.7. The summed E-state index contributed by atoms with van der Waals surface area (Å²) in [7, 11) is 0. The van der Waals surface area contributed by atoms with E-state index in [9.17, 15) is 4.79 Å². The molecule has 2 aromatic heterocycles. The predicted octanol–water partition coefficient (Wildman–Crippen LogP) is 4.07. The number of carbonyl (C=O) groups excluding carboxylic acids is 1. The molecule has 0 fully saturated rings. The average Bonchev–Trinajstić information content (AvgIpc) is 2.93. The lowest BCUT2D eigenvalue weighted by Gasteiger charge is -2.13. The van der Waals surface area contributed by atoms with Gasteiger partial charge in [-0.25, -0.2) is 4.98 Å². The van der Waals surface area contributed by atoms with Crippen LogP contribution < -0.4 is 11.1 Å². The number of benzene rings is 1. The van der Waals surface area contributed by atoms with E-state index in [0.717, 1.165) is 34.6 Å². The highest BCUT2D eigenvalue weighted by molar-refractivity contribution is 7.19. The summed E-state index contributed by atoms with van der Waals surface area (Å²) in [5, 5.41) is 4.61. The van der Waals surface area contributed by atoms with E-state index >= 15 is 0 Å². The van der Waals surface area contributed by atoms with E-state index in [1.54, 1.807) is 35.6 Å². The molecule has 0 bridgehead atoms. The number of hydrogen-bond donors (Lipinski definition) is 2. The molecule has 5 nitrogen and oxygen atoms in total. The fourth-order valence-electron chi connectivity index (χ4n) is 3.08. The molecule has 0 atom stereocenters. The van der Waals surface area contributed by atoms with Crippen LogP contribution in [-0.2, 0) is 12.8 Å². The van der Waals surface area contributed by atoms with Crippen LogP contribution in [0.25, 0.3) is 10.2 Å². The number of nitrogens with one attached hydrogen (secondary N) is 1. The van der Waals surface area contributed by atoms with E-state index in [1.807, 2.05) is 0 Å². The Morgan fingerprint density at radius 3 is 2.67 bits per heavy atom. The van der Waals surface area contributed by atoms with Gasteiger partial charge in [0.05, 0.1) is 5.39 Å². The summed E-state index contributed by atoms with van der Waals surface area (Å²) < 4.78 is 0. The van der Waals surface area contributed by atoms with Gasteiger partial charge in [0.2, 0.25) is 11.2 Å². The summed E-state index contributed by atoms with van der Waals surface area (Å²) in [6.45, 7) is 0. The van der Waals surface area contributed by atoms with E-state index < -0.39 is 5.91 Å². The van der Waals surface area contributed by atoms with E-state index in [0.29, 0.717) is 5.56 Å². The van der Waals surface area contributed by atoms with Crippen molar-refractivity contribution >= 4 is 50.6 Å². The standard InChI is InChI=1S/C17H15ClN4OS/c18-17-21-15(20-10-7-5-9(6-8-10)14(19)23)13-11-3-1-2-4-12(11)24-16(13)22-17/h5-8H,1-4H2,(H2,19,23)(H,20,21,22). The predicted molar refractivity (Wildman–Crippen MR) is 97.3 cm³/mol. The van der Waals surface area contributed by atoms with E-state index in [2.05, 4.69) is 15.3 Å². The van der Waals surface area contributed by atoms with Crippen molar-refractivity contribution in [2.24, 2.45) is 5.73 Å². The lowest BCUT2D eigenvalue weighted by molar-refractivity contribution is 0.100. The van der Waals surface area contributed by atoms with E-state index in [4.69, 9.17) is 17.3 Å². The smallest absolute Gasteiger partial charge is 0.248 e. The van der Waals surface area contributed by atoms with Crippen molar-refractivity contribution in [3.63, 3.8) is 0 Å². The highest BCUT2D eigenvalue weighted by Gasteiger charge is 2.21. The molecular formula is C17H15ClN4OS. The Hall–Kier alpha value is -2.18. The van der Waals surface area contributed by atoms with Gasteiger partial charge < -0.3 is 11.1 Å². The summed E-state index contributed by atoms with van der Waals surface area (Å²) in [4.78, 5) is 22.3. The number of nitrogens with zero attached hydrogens (tertiary/aromatic N) is 2. The number of aryl methyl sites for hydroxylation is 2. The topological polar surface area (TPSA) is 80.9 Å². The molecule has 1 aliphatic rings. The fraction of sp³-hybridized carbons (Fsp3) is 0.235. The molecule has 1 amide bonds. The summed E-state index contributed by atoms with van der Waals surface area (Å²) in [6, 6.07) is 6.99. The minimum atomic E-state index is -0.444. The minimum absolute atomic E-state index is 0.234. The zero-order valence-corrected chi connectivity index (χ0v) is 14.4. The van der Waals surface area contributed by atoms with Crippen molar-refractivity contribution < 1.29 is 4.79 Å². The van der Waals surface area contributed by atoms with Gasteiger partial charge in [0.1, 0.15) is 10.6 Å². The Morgan fingerprint density at radius 2 is 1.92 bits per heavy atom. The maximum atomic E-state index is 11.2. The first-order valence-corrected chi connectivity index (χ1v) is 8.96. The molecule has 3 N–H and O–H groups in total. The van der Waals surface area contributed by atoms with Crippen molar-refractivity contribution in [3.8, 4) is 0 Å². The van der Waals surface area contributed by atoms with Crippen molar-refractivity contribution in [2.75, 3.05) is 5.32 Å². The molecule has 0 saturated carbocycles. The van der Waals surface area contributed by atoms with Crippen LogP contribution in [0.1, 0.15) is 33.6 Å². The largest absolute Gasteiger partial charge is 0.366 e. The molecule has 0 unspecified atom stereocenters. The van der Waals surface area contributed by atoms with Crippen LogP contribution in [0.3, 0.4) is 0 Å². The molecule has 2 heterocycles. The van der Waals surface area contributed by atoms with Gasteiger partial charge in [-0.3, -0.25) is 4.79 Å². The molecule has 0 aliphatic heterocycles. The number of carbonyl (C=O) groups is 1. The van der Waals surface area contributed by atoms with Crippen molar-refractivity contribution in [3.05, 3.63) is 45.6 Å². The molecule has 0 spiro atoms. The number of fused-ring (bicyclic) bond motifs is 3.